The van der Waals surface area contributed by atoms with E-state index in [9.17, 15) is 0 Å². The summed E-state index contributed by atoms with van der Waals surface area (Å²) in [5.41, 5.74) is 8.37. The highest BCUT2D eigenvalue weighted by Crippen LogP contribution is 2.70. The van der Waals surface area contributed by atoms with Crippen molar-refractivity contribution >= 4 is 5.95 Å². The molecule has 0 unspecified atom stereocenters. The number of hydrogen-bond acceptors (Lipinski definition) is 5. The van der Waals surface area contributed by atoms with Crippen molar-refractivity contribution in [2.24, 2.45) is 5.41 Å². The van der Waals surface area contributed by atoms with Crippen LogP contribution in [0.1, 0.15) is 42.7 Å². The molecule has 2 aromatic rings. The lowest BCUT2D eigenvalue weighted by Gasteiger charge is -2.07. The van der Waals surface area contributed by atoms with E-state index in [4.69, 9.17) is 15.0 Å². The van der Waals surface area contributed by atoms with E-state index in [1.807, 2.05) is 6.07 Å². The zero-order valence-corrected chi connectivity index (χ0v) is 11.6. The molecule has 2 N–H and O–H groups in total. The highest BCUT2D eigenvalue weighted by molar-refractivity contribution is 5.50. The lowest BCUT2D eigenvalue weighted by Crippen LogP contribution is -1.94. The van der Waals surface area contributed by atoms with Crippen molar-refractivity contribution in [1.82, 2.24) is 10.1 Å². The molecule has 1 aromatic carbocycles. The van der Waals surface area contributed by atoms with Gasteiger partial charge in [-0.2, -0.15) is 4.98 Å². The van der Waals surface area contributed by atoms with Crippen molar-refractivity contribution < 1.29 is 9.26 Å². The first kappa shape index (κ1) is 11.8. The highest BCUT2D eigenvalue weighted by Gasteiger charge is 2.62. The van der Waals surface area contributed by atoms with Gasteiger partial charge in [-0.05, 0) is 22.2 Å². The fourth-order valence-corrected chi connectivity index (χ4v) is 3.59. The molecule has 104 valence electrons. The summed E-state index contributed by atoms with van der Waals surface area (Å²) in [6.07, 6.45) is 0.983. The summed E-state index contributed by atoms with van der Waals surface area (Å²) < 4.78 is 10.9. The molecule has 0 spiro atoms. The summed E-state index contributed by atoms with van der Waals surface area (Å²) in [5, 5.41) is 3.71. The predicted octanol–water partition coefficient (Wildman–Crippen LogP) is 2.49. The third-order valence-electron chi connectivity index (χ3n) is 4.66. The second-order valence-corrected chi connectivity index (χ2v) is 6.19. The summed E-state index contributed by atoms with van der Waals surface area (Å²) in [5.74, 6) is 2.50. The van der Waals surface area contributed by atoms with Crippen molar-refractivity contribution in [2.45, 2.75) is 32.1 Å². The van der Waals surface area contributed by atoms with Crippen LogP contribution in [0.15, 0.2) is 22.7 Å². The molecule has 20 heavy (non-hydrogen) atoms. The molecule has 2 heterocycles. The average molecular weight is 271 g/mol. The first-order valence-electron chi connectivity index (χ1n) is 6.92. The lowest BCUT2D eigenvalue weighted by atomic mass is 9.96. The van der Waals surface area contributed by atoms with Crippen LogP contribution in [0.2, 0.25) is 0 Å². The van der Waals surface area contributed by atoms with Gasteiger partial charge in [-0.25, -0.2) is 0 Å². The summed E-state index contributed by atoms with van der Waals surface area (Å²) >= 11 is 0. The number of ether oxygens (including phenoxy) is 1. The molecule has 4 rings (SSSR count). The molecule has 5 nitrogen and oxygen atoms in total. The van der Waals surface area contributed by atoms with Crippen LogP contribution in [-0.2, 0) is 6.42 Å². The average Bonchev–Trinajstić information content (AvgIpc) is 2.83. The van der Waals surface area contributed by atoms with Crippen LogP contribution in [0.4, 0.5) is 5.95 Å². The Kier molecular flexibility index (Phi) is 2.20. The summed E-state index contributed by atoms with van der Waals surface area (Å²) in [4.78, 5) is 4.21. The van der Waals surface area contributed by atoms with E-state index in [2.05, 4.69) is 36.1 Å². The Labute approximate surface area is 117 Å². The van der Waals surface area contributed by atoms with E-state index in [1.54, 1.807) is 0 Å². The zero-order valence-electron chi connectivity index (χ0n) is 11.6. The van der Waals surface area contributed by atoms with Gasteiger partial charge in [-0.1, -0.05) is 26.0 Å². The molecule has 0 bridgehead atoms. The maximum atomic E-state index is 5.66. The van der Waals surface area contributed by atoms with Gasteiger partial charge in [0.25, 0.3) is 5.95 Å². The van der Waals surface area contributed by atoms with Gasteiger partial charge in [0.15, 0.2) is 0 Å². The predicted molar refractivity (Wildman–Crippen MR) is 73.6 cm³/mol. The minimum Gasteiger partial charge on any atom is -0.493 e. The Hall–Kier alpha value is -2.04. The lowest BCUT2D eigenvalue weighted by molar-refractivity contribution is 0.357. The largest absolute Gasteiger partial charge is 0.493 e. The fourth-order valence-electron chi connectivity index (χ4n) is 3.59. The number of rotatable bonds is 2. The Morgan fingerprint density at radius 1 is 1.30 bits per heavy atom. The summed E-state index contributed by atoms with van der Waals surface area (Å²) in [6.45, 7) is 5.24. The van der Waals surface area contributed by atoms with Gasteiger partial charge in [-0.3, -0.25) is 0 Å². The maximum absolute atomic E-state index is 5.66. The molecule has 5 heteroatoms. The number of fused-ring (bicyclic) bond motifs is 1. The number of hydrogen-bond donors (Lipinski definition) is 1. The molecule has 2 atom stereocenters. The van der Waals surface area contributed by atoms with Gasteiger partial charge in [-0.15, -0.1) is 0 Å². The molecule has 1 aliphatic heterocycles. The second-order valence-electron chi connectivity index (χ2n) is 6.19. The molecule has 0 radical (unpaired) electrons. The van der Waals surface area contributed by atoms with Gasteiger partial charge < -0.3 is 15.0 Å². The standard InChI is InChI=1S/C15H17N3O2/c1-15(2)11(12(15)13-17-14(16)18-20-13)9-4-3-5-10-8(9)6-7-19-10/h3-5,11-12H,6-7H2,1-2H3,(H2,16,18)/t11-,12+/m1/s1. The summed E-state index contributed by atoms with van der Waals surface area (Å²) in [7, 11) is 0. The van der Waals surface area contributed by atoms with E-state index >= 15 is 0 Å². The van der Waals surface area contributed by atoms with Crippen molar-refractivity contribution in [3.63, 3.8) is 0 Å². The van der Waals surface area contributed by atoms with Crippen LogP contribution in [0, 0.1) is 5.41 Å². The Bertz CT molecular complexity index is 678. The van der Waals surface area contributed by atoms with Crippen molar-refractivity contribution in [3.05, 3.63) is 35.2 Å². The molecule has 0 saturated heterocycles. The molecular weight excluding hydrogens is 254 g/mol. The third kappa shape index (κ3) is 1.49. The molecule has 1 aromatic heterocycles. The molecule has 1 saturated carbocycles. The van der Waals surface area contributed by atoms with Gasteiger partial charge in [0.1, 0.15) is 5.75 Å². The quantitative estimate of drug-likeness (QED) is 0.908. The van der Waals surface area contributed by atoms with Crippen molar-refractivity contribution in [1.29, 1.82) is 0 Å². The number of aromatic nitrogens is 2. The van der Waals surface area contributed by atoms with Crippen LogP contribution < -0.4 is 10.5 Å². The van der Waals surface area contributed by atoms with Crippen LogP contribution in [0.5, 0.6) is 5.75 Å². The van der Waals surface area contributed by atoms with Gasteiger partial charge in [0.05, 0.1) is 12.5 Å². The molecule has 2 aliphatic rings. The van der Waals surface area contributed by atoms with E-state index < -0.39 is 0 Å². The second kappa shape index (κ2) is 3.75. The number of nitrogens with two attached hydrogens (primary N) is 1. The normalized spacial score (nSPS) is 26.1. The molecular formula is C15H17N3O2. The Balaban J connectivity index is 1.75. The number of benzene rings is 1. The van der Waals surface area contributed by atoms with Gasteiger partial charge in [0.2, 0.25) is 5.89 Å². The van der Waals surface area contributed by atoms with Gasteiger partial charge >= 0.3 is 0 Å². The smallest absolute Gasteiger partial charge is 0.260 e. The highest BCUT2D eigenvalue weighted by atomic mass is 16.5. The van der Waals surface area contributed by atoms with E-state index in [0.29, 0.717) is 11.8 Å². The molecule has 1 aliphatic carbocycles. The number of anilines is 1. The third-order valence-corrected chi connectivity index (χ3v) is 4.66. The first-order chi connectivity index (χ1) is 9.59. The monoisotopic (exact) mass is 271 g/mol. The minimum atomic E-state index is 0.108. The minimum absolute atomic E-state index is 0.108. The Morgan fingerprint density at radius 3 is 2.90 bits per heavy atom. The van der Waals surface area contributed by atoms with Crippen LogP contribution in [0.25, 0.3) is 0 Å². The zero-order chi connectivity index (χ0) is 13.9. The van der Waals surface area contributed by atoms with E-state index in [1.165, 1.54) is 11.1 Å². The molecule has 1 fully saturated rings. The fraction of sp³-hybridized carbons (Fsp3) is 0.467. The maximum Gasteiger partial charge on any atom is 0.260 e. The van der Waals surface area contributed by atoms with Gasteiger partial charge in [0, 0.05) is 17.9 Å². The van der Waals surface area contributed by atoms with Crippen LogP contribution >= 0.6 is 0 Å². The SMILES string of the molecule is CC1(C)[C@H](c2nc(N)no2)[C@H]1c1cccc2c1CCO2. The van der Waals surface area contributed by atoms with Crippen LogP contribution in [-0.4, -0.2) is 16.7 Å². The number of nitrogens with zero attached hydrogens (tertiary/aromatic N) is 2. The van der Waals surface area contributed by atoms with Crippen molar-refractivity contribution in [2.75, 3.05) is 12.3 Å². The topological polar surface area (TPSA) is 74.2 Å². The summed E-state index contributed by atoms with van der Waals surface area (Å²) in [6, 6.07) is 6.30. The van der Waals surface area contributed by atoms with E-state index in [-0.39, 0.29) is 17.3 Å². The van der Waals surface area contributed by atoms with Crippen molar-refractivity contribution in [3.8, 4) is 5.75 Å². The van der Waals surface area contributed by atoms with Crippen LogP contribution in [0.3, 0.4) is 0 Å². The first-order valence-corrected chi connectivity index (χ1v) is 6.92. The number of nitrogen functional groups attached to an aromatic ring is 1. The molecule has 0 amide bonds. The Morgan fingerprint density at radius 2 is 2.15 bits per heavy atom. The van der Waals surface area contributed by atoms with E-state index in [0.717, 1.165) is 18.8 Å².